The van der Waals surface area contributed by atoms with Crippen LogP contribution in [0.2, 0.25) is 10.0 Å². The van der Waals surface area contributed by atoms with E-state index in [0.29, 0.717) is 10.0 Å². The fourth-order valence-corrected chi connectivity index (χ4v) is 3.45. The van der Waals surface area contributed by atoms with E-state index in [0.717, 1.165) is 36.6 Å². The summed E-state index contributed by atoms with van der Waals surface area (Å²) < 4.78 is 7.37. The minimum atomic E-state index is 0.0491. The van der Waals surface area contributed by atoms with E-state index in [9.17, 15) is 0 Å². The quantitative estimate of drug-likeness (QED) is 0.915. The SMILES string of the molecule is CO[C@@H]1C[C@@H](c2nc(C)nn2-c2ccc(Cl)c(Cl)c2)CC[C@H]1N. The minimum absolute atomic E-state index is 0.0491. The molecule has 3 atom stereocenters. The van der Waals surface area contributed by atoms with Gasteiger partial charge in [0, 0.05) is 19.1 Å². The molecule has 0 unspecified atom stereocenters. The van der Waals surface area contributed by atoms with Crippen molar-refractivity contribution in [3.63, 3.8) is 0 Å². The molecule has 1 heterocycles. The van der Waals surface area contributed by atoms with Gasteiger partial charge in [-0.2, -0.15) is 5.10 Å². The van der Waals surface area contributed by atoms with E-state index in [1.807, 2.05) is 23.7 Å². The number of aryl methyl sites for hydroxylation is 1. The molecule has 0 amide bonds. The predicted molar refractivity (Wildman–Crippen MR) is 91.5 cm³/mol. The maximum atomic E-state index is 6.14. The van der Waals surface area contributed by atoms with Crippen molar-refractivity contribution in [1.82, 2.24) is 14.8 Å². The van der Waals surface area contributed by atoms with Crippen molar-refractivity contribution in [3.8, 4) is 5.69 Å². The number of benzene rings is 1. The van der Waals surface area contributed by atoms with Gasteiger partial charge in [-0.05, 0) is 44.4 Å². The molecule has 0 saturated heterocycles. The van der Waals surface area contributed by atoms with E-state index in [2.05, 4.69) is 10.1 Å². The van der Waals surface area contributed by atoms with Gasteiger partial charge in [0.15, 0.2) is 0 Å². The lowest BCUT2D eigenvalue weighted by Crippen LogP contribution is -2.41. The van der Waals surface area contributed by atoms with Gasteiger partial charge in [0.05, 0.1) is 21.8 Å². The summed E-state index contributed by atoms with van der Waals surface area (Å²) in [6.07, 6.45) is 2.78. The number of ether oxygens (including phenoxy) is 1. The lowest BCUT2D eigenvalue weighted by atomic mass is 9.83. The van der Waals surface area contributed by atoms with Crippen molar-refractivity contribution in [2.24, 2.45) is 5.73 Å². The number of hydrogen-bond acceptors (Lipinski definition) is 4. The van der Waals surface area contributed by atoms with Gasteiger partial charge >= 0.3 is 0 Å². The van der Waals surface area contributed by atoms with Crippen LogP contribution in [-0.2, 0) is 4.74 Å². The first-order valence-electron chi connectivity index (χ1n) is 7.67. The Bertz CT molecular complexity index is 703. The number of halogens is 2. The fourth-order valence-electron chi connectivity index (χ4n) is 3.16. The Balaban J connectivity index is 1.96. The van der Waals surface area contributed by atoms with E-state index < -0.39 is 0 Å². The zero-order valence-corrected chi connectivity index (χ0v) is 14.7. The Morgan fingerprint density at radius 2 is 2.04 bits per heavy atom. The van der Waals surface area contributed by atoms with Gasteiger partial charge in [0.25, 0.3) is 0 Å². The highest BCUT2D eigenvalue weighted by Gasteiger charge is 2.32. The monoisotopic (exact) mass is 354 g/mol. The van der Waals surface area contributed by atoms with Crippen LogP contribution in [0.3, 0.4) is 0 Å². The molecule has 0 spiro atoms. The molecule has 1 aromatic carbocycles. The average molecular weight is 355 g/mol. The normalized spacial score (nSPS) is 24.8. The largest absolute Gasteiger partial charge is 0.380 e. The number of methoxy groups -OCH3 is 1. The van der Waals surface area contributed by atoms with Crippen LogP contribution in [0, 0.1) is 6.92 Å². The van der Waals surface area contributed by atoms with E-state index in [4.69, 9.17) is 33.7 Å². The van der Waals surface area contributed by atoms with E-state index in [-0.39, 0.29) is 18.1 Å². The predicted octanol–water partition coefficient (Wildman–Crippen LogP) is 3.49. The maximum Gasteiger partial charge on any atom is 0.148 e. The molecule has 1 fully saturated rings. The average Bonchev–Trinajstić information content (AvgIpc) is 2.92. The second kappa shape index (κ2) is 6.77. The third-order valence-electron chi connectivity index (χ3n) is 4.40. The third-order valence-corrected chi connectivity index (χ3v) is 5.14. The highest BCUT2D eigenvalue weighted by atomic mass is 35.5. The molecule has 1 aliphatic carbocycles. The van der Waals surface area contributed by atoms with Crippen LogP contribution < -0.4 is 5.73 Å². The first-order valence-corrected chi connectivity index (χ1v) is 8.42. The number of nitrogens with zero attached hydrogens (tertiary/aromatic N) is 3. The topological polar surface area (TPSA) is 66.0 Å². The number of rotatable bonds is 3. The summed E-state index contributed by atoms with van der Waals surface area (Å²) >= 11 is 12.2. The van der Waals surface area contributed by atoms with Crippen LogP contribution in [0.4, 0.5) is 0 Å². The van der Waals surface area contributed by atoms with Gasteiger partial charge in [-0.3, -0.25) is 0 Å². The molecule has 0 aliphatic heterocycles. The van der Waals surface area contributed by atoms with Gasteiger partial charge in [0.1, 0.15) is 11.6 Å². The molecule has 7 heteroatoms. The number of nitrogens with two attached hydrogens (primary N) is 1. The van der Waals surface area contributed by atoms with E-state index in [1.54, 1.807) is 13.2 Å². The molecular weight excluding hydrogens is 335 g/mol. The van der Waals surface area contributed by atoms with Gasteiger partial charge in [0.2, 0.25) is 0 Å². The van der Waals surface area contributed by atoms with E-state index in [1.165, 1.54) is 0 Å². The lowest BCUT2D eigenvalue weighted by molar-refractivity contribution is 0.0459. The summed E-state index contributed by atoms with van der Waals surface area (Å²) in [7, 11) is 1.71. The van der Waals surface area contributed by atoms with Crippen LogP contribution in [0.25, 0.3) is 5.69 Å². The Hall–Kier alpha value is -1.14. The molecule has 1 saturated carbocycles. The maximum absolute atomic E-state index is 6.14. The fraction of sp³-hybridized carbons (Fsp3) is 0.500. The Morgan fingerprint density at radius 1 is 1.26 bits per heavy atom. The van der Waals surface area contributed by atoms with Crippen LogP contribution in [0.15, 0.2) is 18.2 Å². The Labute approximate surface area is 145 Å². The molecule has 0 bridgehead atoms. The van der Waals surface area contributed by atoms with Crippen LogP contribution in [-0.4, -0.2) is 34.0 Å². The lowest BCUT2D eigenvalue weighted by Gasteiger charge is -2.32. The molecular formula is C16H20Cl2N4O. The Kier molecular flexibility index (Phi) is 4.92. The van der Waals surface area contributed by atoms with Crippen molar-refractivity contribution >= 4 is 23.2 Å². The number of aromatic nitrogens is 3. The van der Waals surface area contributed by atoms with Crippen LogP contribution in [0.1, 0.15) is 36.8 Å². The zero-order chi connectivity index (χ0) is 16.6. The molecule has 23 heavy (non-hydrogen) atoms. The first-order chi connectivity index (χ1) is 11.0. The molecule has 2 aromatic rings. The second-order valence-corrected chi connectivity index (χ2v) is 6.79. The van der Waals surface area contributed by atoms with Crippen molar-refractivity contribution in [3.05, 3.63) is 39.9 Å². The molecule has 0 radical (unpaired) electrons. The molecule has 5 nitrogen and oxygen atoms in total. The van der Waals surface area contributed by atoms with Crippen molar-refractivity contribution in [2.75, 3.05) is 7.11 Å². The summed E-state index contributed by atoms with van der Waals surface area (Å²) in [6.45, 7) is 1.89. The van der Waals surface area contributed by atoms with Crippen molar-refractivity contribution in [2.45, 2.75) is 44.2 Å². The van der Waals surface area contributed by atoms with Crippen LogP contribution >= 0.6 is 23.2 Å². The molecule has 1 aliphatic rings. The summed E-state index contributed by atoms with van der Waals surface area (Å²) in [5.41, 5.74) is 6.98. The molecule has 1 aromatic heterocycles. The minimum Gasteiger partial charge on any atom is -0.380 e. The highest BCUT2D eigenvalue weighted by Crippen LogP contribution is 2.34. The third kappa shape index (κ3) is 3.38. The van der Waals surface area contributed by atoms with Crippen LogP contribution in [0.5, 0.6) is 0 Å². The van der Waals surface area contributed by atoms with Gasteiger partial charge in [-0.15, -0.1) is 0 Å². The van der Waals surface area contributed by atoms with Crippen molar-refractivity contribution in [1.29, 1.82) is 0 Å². The standard InChI is InChI=1S/C16H20Cl2N4O/c1-9-20-16(10-3-6-14(19)15(7-10)23-2)22(21-9)11-4-5-12(17)13(18)8-11/h4-5,8,10,14-15H,3,6-7,19H2,1-2H3/t10-,14+,15+/m0/s1. The summed E-state index contributed by atoms with van der Waals surface area (Å²) in [5.74, 6) is 1.92. The van der Waals surface area contributed by atoms with Gasteiger partial charge in [-0.25, -0.2) is 9.67 Å². The molecule has 3 rings (SSSR count). The molecule has 124 valence electrons. The summed E-state index contributed by atoms with van der Waals surface area (Å²) in [6, 6.07) is 5.56. The number of hydrogen-bond donors (Lipinski definition) is 1. The first kappa shape index (κ1) is 16.7. The second-order valence-electron chi connectivity index (χ2n) is 5.98. The smallest absolute Gasteiger partial charge is 0.148 e. The van der Waals surface area contributed by atoms with Gasteiger partial charge in [-0.1, -0.05) is 23.2 Å². The summed E-state index contributed by atoms with van der Waals surface area (Å²) in [5, 5.41) is 5.56. The Morgan fingerprint density at radius 3 is 2.74 bits per heavy atom. The van der Waals surface area contributed by atoms with Crippen molar-refractivity contribution < 1.29 is 4.74 Å². The van der Waals surface area contributed by atoms with E-state index >= 15 is 0 Å². The zero-order valence-electron chi connectivity index (χ0n) is 13.2. The highest BCUT2D eigenvalue weighted by molar-refractivity contribution is 6.42. The summed E-state index contributed by atoms with van der Waals surface area (Å²) in [4.78, 5) is 4.64. The molecule has 2 N–H and O–H groups in total. The van der Waals surface area contributed by atoms with Gasteiger partial charge < -0.3 is 10.5 Å².